The van der Waals surface area contributed by atoms with Gasteiger partial charge in [-0.3, -0.25) is 5.10 Å². The van der Waals surface area contributed by atoms with E-state index in [1.165, 1.54) is 47.8 Å². The maximum Gasteiger partial charge on any atom is 0.342 e. The summed E-state index contributed by atoms with van der Waals surface area (Å²) < 4.78 is 23.1. The van der Waals surface area contributed by atoms with Crippen LogP contribution in [0.1, 0.15) is 17.2 Å². The van der Waals surface area contributed by atoms with Crippen molar-refractivity contribution in [2.45, 2.75) is 17.4 Å². The molecule has 2 aliphatic rings. The van der Waals surface area contributed by atoms with Gasteiger partial charge in [-0.1, -0.05) is 10.3 Å². The molecule has 176 valence electrons. The van der Waals surface area contributed by atoms with Crippen molar-refractivity contribution in [3.05, 3.63) is 90.8 Å². The zero-order chi connectivity index (χ0) is 23.3. The molecule has 5 aromatic rings. The zero-order valence-corrected chi connectivity index (χ0v) is 18.4. The highest BCUT2D eigenvalue weighted by Gasteiger charge is 2.78. The first kappa shape index (κ1) is 19.8. The van der Waals surface area contributed by atoms with Crippen molar-refractivity contribution in [2.24, 2.45) is 0 Å². The average Bonchev–Trinajstić information content (AvgIpc) is 3.71. The number of nitrogens with one attached hydrogen (secondary N) is 2. The maximum absolute atomic E-state index is 6.81. The number of rotatable bonds is 6. The van der Waals surface area contributed by atoms with Crippen LogP contribution < -0.4 is 10.2 Å². The highest BCUT2D eigenvalue weighted by Crippen LogP contribution is 2.60. The lowest BCUT2D eigenvalue weighted by Crippen LogP contribution is -2.64. The van der Waals surface area contributed by atoms with E-state index in [2.05, 4.69) is 35.3 Å². The molecule has 0 aromatic carbocycles. The van der Waals surface area contributed by atoms with Crippen LogP contribution in [0.5, 0.6) is 0 Å². The molecule has 0 saturated carbocycles. The minimum absolute atomic E-state index is 0.118. The number of thiazole rings is 1. The van der Waals surface area contributed by atoms with Crippen LogP contribution in [0, 0.1) is 0 Å². The average molecular weight is 493 g/mol. The van der Waals surface area contributed by atoms with Gasteiger partial charge in [0.15, 0.2) is 5.82 Å². The van der Waals surface area contributed by atoms with Gasteiger partial charge < -0.3 is 23.4 Å². The van der Waals surface area contributed by atoms with E-state index in [0.717, 1.165) is 0 Å². The Bertz CT molecular complexity index is 1360. The van der Waals surface area contributed by atoms with Gasteiger partial charge in [-0.2, -0.15) is 10.1 Å². The summed E-state index contributed by atoms with van der Waals surface area (Å²) in [5, 5.41) is 17.0. The Morgan fingerprint density at radius 1 is 1.00 bits per heavy atom. The molecule has 2 unspecified atom stereocenters. The Hall–Kier alpha value is -4.63. The van der Waals surface area contributed by atoms with E-state index in [1.807, 2.05) is 5.38 Å². The van der Waals surface area contributed by atoms with Gasteiger partial charge in [0.05, 0.1) is 11.9 Å². The lowest BCUT2D eigenvalue weighted by molar-refractivity contribution is -0.142. The summed E-state index contributed by atoms with van der Waals surface area (Å²) in [4.78, 5) is 23.5. The number of nitrogens with zero attached hydrogens (tertiary/aromatic N) is 7. The molecule has 0 radical (unpaired) electrons. The van der Waals surface area contributed by atoms with E-state index >= 15 is 0 Å². The minimum Gasteiger partial charge on any atom is -0.456 e. The van der Waals surface area contributed by atoms with Crippen LogP contribution in [0.25, 0.3) is 0 Å². The summed E-state index contributed by atoms with van der Waals surface area (Å²) in [6.07, 6.45) is 12.8. The molecule has 2 atom stereocenters. The molecule has 0 spiro atoms. The predicted octanol–water partition coefficient (Wildman–Crippen LogP) is 2.42. The highest BCUT2D eigenvalue weighted by molar-refractivity contribution is 7.13. The lowest BCUT2D eigenvalue weighted by atomic mass is 9.73. The number of anilines is 2. The molecule has 2 aliphatic heterocycles. The molecule has 15 heteroatoms. The summed E-state index contributed by atoms with van der Waals surface area (Å²) in [5.41, 5.74) is -2.16. The smallest absolute Gasteiger partial charge is 0.342 e. The molecule has 0 bridgehead atoms. The van der Waals surface area contributed by atoms with Crippen molar-refractivity contribution >= 4 is 22.5 Å². The largest absolute Gasteiger partial charge is 0.456 e. The van der Waals surface area contributed by atoms with Crippen LogP contribution in [-0.4, -0.2) is 41.6 Å². The fourth-order valence-corrected chi connectivity index (χ4v) is 5.24. The molecule has 5 aromatic heterocycles. The van der Waals surface area contributed by atoms with Crippen LogP contribution in [0.4, 0.5) is 11.1 Å². The maximum atomic E-state index is 6.81. The minimum atomic E-state index is -1.55. The Kier molecular flexibility index (Phi) is 4.21. The van der Waals surface area contributed by atoms with Gasteiger partial charge in [-0.25, -0.2) is 19.8 Å². The fourth-order valence-electron chi connectivity index (χ4n) is 4.55. The van der Waals surface area contributed by atoms with Crippen molar-refractivity contribution in [3.63, 3.8) is 0 Å². The predicted molar refractivity (Wildman–Crippen MR) is 116 cm³/mol. The van der Waals surface area contributed by atoms with E-state index in [9.17, 15) is 0 Å². The number of H-pyrrole nitrogens is 2. The van der Waals surface area contributed by atoms with Crippen molar-refractivity contribution in [2.75, 3.05) is 10.2 Å². The first-order chi connectivity index (χ1) is 17.4. The topological polar surface area (TPSA) is 156 Å². The standard InChI is InChI=1S/C20H15N9O5S/c1-3-25-26-14(1)20(15-21-4-5-22-15)19(13-2-8-33-27-13,16-30-10-11-31-16)28(18-24-7-12-35-18)29(34-20)17-23-6-9-32-17/h1-12,16H,(H,21,22)(H,25,26). The summed E-state index contributed by atoms with van der Waals surface area (Å²) in [5.74, 6) is 0.388. The first-order valence-corrected chi connectivity index (χ1v) is 11.2. The van der Waals surface area contributed by atoms with E-state index in [1.54, 1.807) is 41.9 Å². The normalized spacial score (nSPS) is 24.2. The van der Waals surface area contributed by atoms with Crippen LogP contribution in [0.3, 0.4) is 0 Å². The number of hydrogen-bond donors (Lipinski definition) is 2. The van der Waals surface area contributed by atoms with Crippen LogP contribution in [0.2, 0.25) is 0 Å². The molecular weight excluding hydrogens is 478 g/mol. The van der Waals surface area contributed by atoms with Crippen molar-refractivity contribution in [3.8, 4) is 0 Å². The quantitative estimate of drug-likeness (QED) is 0.357. The third-order valence-electron chi connectivity index (χ3n) is 5.80. The third kappa shape index (κ3) is 2.52. The first-order valence-electron chi connectivity index (χ1n) is 10.3. The van der Waals surface area contributed by atoms with Gasteiger partial charge in [0.1, 0.15) is 30.7 Å². The number of hydrogen-bond acceptors (Lipinski definition) is 13. The second-order valence-electron chi connectivity index (χ2n) is 7.42. The molecule has 1 fully saturated rings. The Morgan fingerprint density at radius 3 is 2.60 bits per heavy atom. The molecule has 7 rings (SSSR count). The van der Waals surface area contributed by atoms with Gasteiger partial charge in [0.2, 0.25) is 16.3 Å². The van der Waals surface area contributed by atoms with Crippen molar-refractivity contribution in [1.29, 1.82) is 0 Å². The van der Waals surface area contributed by atoms with E-state index < -0.39 is 17.4 Å². The van der Waals surface area contributed by atoms with Crippen LogP contribution >= 0.6 is 11.3 Å². The Balaban J connectivity index is 1.63. The molecule has 0 aliphatic carbocycles. The number of imidazole rings is 1. The number of hydrazine groups is 1. The number of aromatic amines is 2. The van der Waals surface area contributed by atoms with E-state index in [4.69, 9.17) is 23.3 Å². The molecule has 2 N–H and O–H groups in total. The van der Waals surface area contributed by atoms with Gasteiger partial charge in [-0.05, 0) is 6.07 Å². The van der Waals surface area contributed by atoms with Crippen LogP contribution in [0.15, 0.2) is 82.5 Å². The molecule has 1 saturated heterocycles. The van der Waals surface area contributed by atoms with Gasteiger partial charge in [0, 0.05) is 36.2 Å². The molecular formula is C20H15N9O5S. The van der Waals surface area contributed by atoms with E-state index in [0.29, 0.717) is 22.3 Å². The van der Waals surface area contributed by atoms with Crippen LogP contribution in [-0.2, 0) is 25.5 Å². The van der Waals surface area contributed by atoms with Gasteiger partial charge in [-0.15, -0.1) is 11.3 Å². The SMILES string of the molecule is C1=COC(C2(c3ccon3)N(c3nccs3)N(c3ncco3)OC2(c2ccn[nH]2)c2ncc[nH]2)O1. The molecule has 14 nitrogen and oxygen atoms in total. The van der Waals surface area contributed by atoms with Crippen molar-refractivity contribution < 1.29 is 23.3 Å². The van der Waals surface area contributed by atoms with Gasteiger partial charge >= 0.3 is 6.01 Å². The number of aromatic nitrogens is 7. The molecule has 0 amide bonds. The molecule has 7 heterocycles. The monoisotopic (exact) mass is 493 g/mol. The molecule has 35 heavy (non-hydrogen) atoms. The summed E-state index contributed by atoms with van der Waals surface area (Å²) in [6, 6.07) is 3.58. The van der Waals surface area contributed by atoms with Gasteiger partial charge in [0.25, 0.3) is 6.29 Å². The second-order valence-corrected chi connectivity index (χ2v) is 8.30. The third-order valence-corrected chi connectivity index (χ3v) is 6.55. The summed E-state index contributed by atoms with van der Waals surface area (Å²) >= 11 is 1.35. The summed E-state index contributed by atoms with van der Waals surface area (Å²) in [7, 11) is 0. The number of ether oxygens (including phenoxy) is 2. The second kappa shape index (κ2) is 7.44. The lowest BCUT2D eigenvalue weighted by Gasteiger charge is -2.44. The highest BCUT2D eigenvalue weighted by atomic mass is 32.1. The van der Waals surface area contributed by atoms with E-state index in [-0.39, 0.29) is 6.01 Å². The summed E-state index contributed by atoms with van der Waals surface area (Å²) in [6.45, 7) is 0. The Labute approximate surface area is 199 Å². The fraction of sp³-hybridized carbons (Fsp3) is 0.150. The zero-order valence-electron chi connectivity index (χ0n) is 17.6. The number of oxazole rings is 1. The Morgan fingerprint density at radius 2 is 1.94 bits per heavy atom. The van der Waals surface area contributed by atoms with Crippen molar-refractivity contribution in [1.82, 2.24) is 35.3 Å².